The van der Waals surface area contributed by atoms with E-state index in [9.17, 15) is 4.79 Å². The van der Waals surface area contributed by atoms with E-state index in [2.05, 4.69) is 14.9 Å². The van der Waals surface area contributed by atoms with Crippen LogP contribution in [0.25, 0.3) is 0 Å². The van der Waals surface area contributed by atoms with Gasteiger partial charge in [0.25, 0.3) is 5.91 Å². The molecule has 2 aliphatic rings. The lowest BCUT2D eigenvalue weighted by Crippen LogP contribution is -2.49. The number of piperidine rings is 1. The predicted molar refractivity (Wildman–Crippen MR) is 72.8 cm³/mol. The smallest absolute Gasteiger partial charge is 0.272 e. The van der Waals surface area contributed by atoms with Crippen LogP contribution in [0.2, 0.25) is 0 Å². The number of carbonyl (C=O) groups is 1. The first kappa shape index (κ1) is 12.6. The van der Waals surface area contributed by atoms with Crippen LogP contribution in [0, 0.1) is 12.8 Å². The Labute approximate surface area is 114 Å². The molecule has 0 aromatic carbocycles. The molecular formula is C15H21N3O. The summed E-state index contributed by atoms with van der Waals surface area (Å²) in [4.78, 5) is 23.1. The summed E-state index contributed by atoms with van der Waals surface area (Å²) in [5, 5.41) is 0. The summed E-state index contributed by atoms with van der Waals surface area (Å²) in [6, 6.07) is 2.19. The summed E-state index contributed by atoms with van der Waals surface area (Å²) in [6.07, 6.45) is 9.15. The number of rotatable bonds is 1. The van der Waals surface area contributed by atoms with Crippen molar-refractivity contribution in [3.8, 4) is 0 Å². The fraction of sp³-hybridized carbons (Fsp3) is 0.667. The van der Waals surface area contributed by atoms with Gasteiger partial charge in [0.05, 0.1) is 0 Å². The molecule has 0 N–H and O–H groups in total. The molecule has 2 fully saturated rings. The van der Waals surface area contributed by atoms with Crippen molar-refractivity contribution in [2.45, 2.75) is 51.5 Å². The zero-order chi connectivity index (χ0) is 13.2. The summed E-state index contributed by atoms with van der Waals surface area (Å²) in [6.45, 7) is 2.72. The molecule has 1 aromatic rings. The topological polar surface area (TPSA) is 46.1 Å². The first-order valence-corrected chi connectivity index (χ1v) is 7.36. The predicted octanol–water partition coefficient (Wildman–Crippen LogP) is 2.58. The molecule has 102 valence electrons. The molecule has 4 nitrogen and oxygen atoms in total. The van der Waals surface area contributed by atoms with Crippen LogP contribution in [0.15, 0.2) is 12.3 Å². The van der Waals surface area contributed by atoms with Gasteiger partial charge in [-0.05, 0) is 44.6 Å². The van der Waals surface area contributed by atoms with E-state index in [0.717, 1.165) is 18.9 Å². The van der Waals surface area contributed by atoms with Crippen LogP contribution in [0.4, 0.5) is 0 Å². The molecule has 4 heteroatoms. The standard InChI is InChI=1S/C15H21N3O/c1-11-16-9-8-13(17-11)15(19)18-10-4-6-12-5-2-3-7-14(12)18/h8-9,12,14H,2-7,10H2,1H3. The number of amides is 1. The molecule has 1 aromatic heterocycles. The van der Waals surface area contributed by atoms with Crippen molar-refractivity contribution in [3.63, 3.8) is 0 Å². The maximum atomic E-state index is 12.6. The van der Waals surface area contributed by atoms with Gasteiger partial charge >= 0.3 is 0 Å². The van der Waals surface area contributed by atoms with E-state index in [1.807, 2.05) is 6.92 Å². The molecular weight excluding hydrogens is 238 g/mol. The normalized spacial score (nSPS) is 26.9. The number of fused-ring (bicyclic) bond motifs is 1. The van der Waals surface area contributed by atoms with Crippen molar-refractivity contribution in [2.75, 3.05) is 6.54 Å². The number of hydrogen-bond donors (Lipinski definition) is 0. The molecule has 0 radical (unpaired) electrons. The monoisotopic (exact) mass is 259 g/mol. The number of likely N-dealkylation sites (tertiary alicyclic amines) is 1. The molecule has 0 spiro atoms. The first-order chi connectivity index (χ1) is 9.25. The van der Waals surface area contributed by atoms with Crippen LogP contribution < -0.4 is 0 Å². The molecule has 2 atom stereocenters. The van der Waals surface area contributed by atoms with Crippen molar-refractivity contribution in [1.82, 2.24) is 14.9 Å². The minimum atomic E-state index is 0.0992. The molecule has 3 rings (SSSR count). The van der Waals surface area contributed by atoms with Gasteiger partial charge in [-0.3, -0.25) is 4.79 Å². The second-order valence-corrected chi connectivity index (χ2v) is 5.74. The summed E-state index contributed by atoms with van der Waals surface area (Å²) in [7, 11) is 0. The summed E-state index contributed by atoms with van der Waals surface area (Å²) >= 11 is 0. The zero-order valence-corrected chi connectivity index (χ0v) is 11.5. The lowest BCUT2D eigenvalue weighted by Gasteiger charge is -2.44. The van der Waals surface area contributed by atoms with E-state index in [1.165, 1.54) is 32.1 Å². The molecule has 19 heavy (non-hydrogen) atoms. The number of nitrogens with zero attached hydrogens (tertiary/aromatic N) is 3. The Bertz CT molecular complexity index is 472. The van der Waals surface area contributed by atoms with Crippen LogP contribution in [0.5, 0.6) is 0 Å². The third-order valence-corrected chi connectivity index (χ3v) is 4.50. The number of aromatic nitrogens is 2. The van der Waals surface area contributed by atoms with E-state index in [-0.39, 0.29) is 5.91 Å². The highest BCUT2D eigenvalue weighted by Gasteiger charge is 2.36. The molecule has 0 bridgehead atoms. The van der Waals surface area contributed by atoms with Gasteiger partial charge in [-0.1, -0.05) is 12.8 Å². The Morgan fingerprint density at radius 1 is 1.26 bits per heavy atom. The van der Waals surface area contributed by atoms with Crippen LogP contribution >= 0.6 is 0 Å². The van der Waals surface area contributed by atoms with Crippen LogP contribution in [0.1, 0.15) is 54.8 Å². The Morgan fingerprint density at radius 3 is 2.89 bits per heavy atom. The van der Waals surface area contributed by atoms with Gasteiger partial charge in [0.2, 0.25) is 0 Å². The quantitative estimate of drug-likeness (QED) is 0.778. The lowest BCUT2D eigenvalue weighted by atomic mass is 9.78. The highest BCUT2D eigenvalue weighted by atomic mass is 16.2. The fourth-order valence-corrected chi connectivity index (χ4v) is 3.60. The Morgan fingerprint density at radius 2 is 2.05 bits per heavy atom. The first-order valence-electron chi connectivity index (χ1n) is 7.36. The molecule has 1 aliphatic carbocycles. The molecule has 1 amide bonds. The number of hydrogen-bond acceptors (Lipinski definition) is 3. The van der Waals surface area contributed by atoms with Gasteiger partial charge in [0, 0.05) is 18.8 Å². The highest BCUT2D eigenvalue weighted by Crippen LogP contribution is 2.35. The molecule has 2 unspecified atom stereocenters. The van der Waals surface area contributed by atoms with Gasteiger partial charge in [-0.25, -0.2) is 9.97 Å². The van der Waals surface area contributed by atoms with E-state index in [4.69, 9.17) is 0 Å². The molecule has 1 aliphatic heterocycles. The second-order valence-electron chi connectivity index (χ2n) is 5.74. The fourth-order valence-electron chi connectivity index (χ4n) is 3.60. The lowest BCUT2D eigenvalue weighted by molar-refractivity contribution is 0.0385. The third kappa shape index (κ3) is 2.48. The van der Waals surface area contributed by atoms with Gasteiger partial charge in [0.1, 0.15) is 11.5 Å². The largest absolute Gasteiger partial charge is 0.334 e. The summed E-state index contributed by atoms with van der Waals surface area (Å²) in [5.41, 5.74) is 0.554. The van der Waals surface area contributed by atoms with Crippen molar-refractivity contribution in [3.05, 3.63) is 23.8 Å². The minimum absolute atomic E-state index is 0.0992. The number of aryl methyl sites for hydroxylation is 1. The minimum Gasteiger partial charge on any atom is -0.334 e. The molecule has 2 heterocycles. The second kappa shape index (κ2) is 5.27. The van der Waals surface area contributed by atoms with Crippen molar-refractivity contribution >= 4 is 5.91 Å². The number of carbonyl (C=O) groups excluding carboxylic acids is 1. The van der Waals surface area contributed by atoms with Crippen LogP contribution in [0.3, 0.4) is 0 Å². The van der Waals surface area contributed by atoms with Gasteiger partial charge in [-0.15, -0.1) is 0 Å². The van der Waals surface area contributed by atoms with Gasteiger partial charge in [-0.2, -0.15) is 0 Å². The van der Waals surface area contributed by atoms with Crippen LogP contribution in [-0.2, 0) is 0 Å². The summed E-state index contributed by atoms with van der Waals surface area (Å²) < 4.78 is 0. The molecule has 1 saturated heterocycles. The average Bonchev–Trinajstić information content (AvgIpc) is 2.46. The Kier molecular flexibility index (Phi) is 3.49. The maximum Gasteiger partial charge on any atom is 0.272 e. The van der Waals surface area contributed by atoms with E-state index in [1.54, 1.807) is 12.3 Å². The Balaban J connectivity index is 1.82. The maximum absolute atomic E-state index is 12.6. The van der Waals surface area contributed by atoms with Crippen molar-refractivity contribution < 1.29 is 4.79 Å². The van der Waals surface area contributed by atoms with Crippen molar-refractivity contribution in [2.24, 2.45) is 5.92 Å². The highest BCUT2D eigenvalue weighted by molar-refractivity contribution is 5.92. The Hall–Kier alpha value is -1.45. The van der Waals surface area contributed by atoms with E-state index < -0.39 is 0 Å². The zero-order valence-electron chi connectivity index (χ0n) is 11.5. The van der Waals surface area contributed by atoms with Crippen LogP contribution in [-0.4, -0.2) is 33.4 Å². The molecule has 1 saturated carbocycles. The van der Waals surface area contributed by atoms with Crippen molar-refractivity contribution in [1.29, 1.82) is 0 Å². The SMILES string of the molecule is Cc1nccc(C(=O)N2CCCC3CCCCC32)n1. The third-order valence-electron chi connectivity index (χ3n) is 4.50. The van der Waals surface area contributed by atoms with Gasteiger partial charge < -0.3 is 4.90 Å². The average molecular weight is 259 g/mol. The van der Waals surface area contributed by atoms with E-state index >= 15 is 0 Å². The van der Waals surface area contributed by atoms with E-state index in [0.29, 0.717) is 17.6 Å². The van der Waals surface area contributed by atoms with Gasteiger partial charge in [0.15, 0.2) is 0 Å². The summed E-state index contributed by atoms with van der Waals surface area (Å²) in [5.74, 6) is 1.49.